The summed E-state index contributed by atoms with van der Waals surface area (Å²) in [7, 11) is 0. The molecule has 4 rings (SSSR count). The van der Waals surface area contributed by atoms with E-state index < -0.39 is 5.97 Å². The summed E-state index contributed by atoms with van der Waals surface area (Å²) in [6, 6.07) is 9.28. The third-order valence-electron chi connectivity index (χ3n) is 4.73. The molecule has 32 heavy (non-hydrogen) atoms. The van der Waals surface area contributed by atoms with Crippen LogP contribution >= 0.6 is 11.6 Å². The first-order valence-electron chi connectivity index (χ1n) is 9.79. The zero-order valence-corrected chi connectivity index (χ0v) is 17.6. The van der Waals surface area contributed by atoms with Gasteiger partial charge in [-0.3, -0.25) is 4.79 Å². The highest BCUT2D eigenvalue weighted by molar-refractivity contribution is 6.30. The Morgan fingerprint density at radius 1 is 1.22 bits per heavy atom. The Morgan fingerprint density at radius 2 is 2.06 bits per heavy atom. The first kappa shape index (κ1) is 21.8. The minimum absolute atomic E-state index is 0.224. The molecule has 3 heterocycles. The normalized spacial score (nSPS) is 11.3. The van der Waals surface area contributed by atoms with Crippen molar-refractivity contribution in [1.82, 2.24) is 19.5 Å². The number of nitrogens with one attached hydrogen (secondary N) is 2. The molecule has 166 valence electrons. The van der Waals surface area contributed by atoms with Gasteiger partial charge in [0.2, 0.25) is 0 Å². The van der Waals surface area contributed by atoms with Gasteiger partial charge in [0.05, 0.1) is 37.2 Å². The number of hydrogen-bond donors (Lipinski definition) is 3. The molecular weight excluding hydrogens is 438 g/mol. The van der Waals surface area contributed by atoms with E-state index in [0.29, 0.717) is 36.5 Å². The van der Waals surface area contributed by atoms with Crippen molar-refractivity contribution in [3.05, 3.63) is 58.4 Å². The van der Waals surface area contributed by atoms with Gasteiger partial charge in [-0.1, -0.05) is 17.7 Å². The van der Waals surface area contributed by atoms with Crippen LogP contribution in [0.2, 0.25) is 5.15 Å². The number of fused-ring (bicyclic) bond motifs is 2. The van der Waals surface area contributed by atoms with Gasteiger partial charge >= 0.3 is 5.97 Å². The standard InChI is InChI=1S/C21H20ClN5O5/c22-17-10-15-19(21(30)24-12-23-15)20(26-17)25-14-2-1-3-16-13(14)4-5-27(16)6-7-31-8-9-32-11-18(28)29/h1-5,10,12H,6-9,11H2,(H,25,26)(H,28,29)(H,23,24,30). The van der Waals surface area contributed by atoms with Crippen molar-refractivity contribution in [3.63, 3.8) is 0 Å². The molecule has 3 N–H and O–H groups in total. The number of benzene rings is 1. The molecule has 0 saturated carbocycles. The fourth-order valence-electron chi connectivity index (χ4n) is 3.35. The second-order valence-corrected chi connectivity index (χ2v) is 7.24. The largest absolute Gasteiger partial charge is 0.480 e. The molecule has 0 saturated heterocycles. The number of aromatic amines is 1. The van der Waals surface area contributed by atoms with Gasteiger partial charge in [-0.05, 0) is 18.2 Å². The molecule has 0 amide bonds. The number of halogens is 1. The Morgan fingerprint density at radius 3 is 2.91 bits per heavy atom. The van der Waals surface area contributed by atoms with E-state index in [1.54, 1.807) is 6.07 Å². The Kier molecular flexibility index (Phi) is 6.64. The number of pyridine rings is 1. The molecule has 0 unspecified atom stereocenters. The summed E-state index contributed by atoms with van der Waals surface area (Å²) < 4.78 is 12.5. The van der Waals surface area contributed by atoms with Gasteiger partial charge < -0.3 is 29.4 Å². The van der Waals surface area contributed by atoms with Crippen molar-refractivity contribution in [1.29, 1.82) is 0 Å². The van der Waals surface area contributed by atoms with E-state index in [0.717, 1.165) is 16.6 Å². The molecule has 4 aromatic rings. The van der Waals surface area contributed by atoms with Crippen molar-refractivity contribution in [2.45, 2.75) is 6.54 Å². The molecule has 0 aliphatic rings. The average Bonchev–Trinajstić information content (AvgIpc) is 3.16. The molecule has 0 aliphatic heterocycles. The predicted octanol–water partition coefficient (Wildman–Crippen LogP) is 2.79. The highest BCUT2D eigenvalue weighted by Crippen LogP contribution is 2.29. The fraction of sp³-hybridized carbons (Fsp3) is 0.238. The summed E-state index contributed by atoms with van der Waals surface area (Å²) in [6.07, 6.45) is 3.27. The van der Waals surface area contributed by atoms with Gasteiger partial charge in [0.1, 0.15) is 23.0 Å². The third-order valence-corrected chi connectivity index (χ3v) is 4.93. The Labute approximate surface area is 186 Å². The minimum Gasteiger partial charge on any atom is -0.480 e. The van der Waals surface area contributed by atoms with Crippen LogP contribution in [-0.2, 0) is 20.8 Å². The number of ether oxygens (including phenoxy) is 2. The van der Waals surface area contributed by atoms with Crippen LogP contribution in [0.1, 0.15) is 0 Å². The van der Waals surface area contributed by atoms with Gasteiger partial charge in [-0.2, -0.15) is 0 Å². The Hall–Kier alpha value is -3.47. The van der Waals surface area contributed by atoms with Crippen molar-refractivity contribution in [2.24, 2.45) is 0 Å². The van der Waals surface area contributed by atoms with Crippen LogP contribution < -0.4 is 10.9 Å². The summed E-state index contributed by atoms with van der Waals surface area (Å²) in [4.78, 5) is 33.8. The lowest BCUT2D eigenvalue weighted by atomic mass is 10.2. The van der Waals surface area contributed by atoms with Crippen LogP contribution in [0.15, 0.2) is 47.7 Å². The first-order valence-corrected chi connectivity index (χ1v) is 10.2. The number of H-pyrrole nitrogens is 1. The summed E-state index contributed by atoms with van der Waals surface area (Å²) in [5.41, 5.74) is 1.88. The van der Waals surface area contributed by atoms with Crippen LogP contribution in [0.5, 0.6) is 0 Å². The van der Waals surface area contributed by atoms with Gasteiger partial charge in [-0.15, -0.1) is 0 Å². The minimum atomic E-state index is -1.00. The summed E-state index contributed by atoms with van der Waals surface area (Å²) in [5.74, 6) is -0.679. The lowest BCUT2D eigenvalue weighted by molar-refractivity contribution is -0.142. The summed E-state index contributed by atoms with van der Waals surface area (Å²) >= 11 is 6.12. The highest BCUT2D eigenvalue weighted by Gasteiger charge is 2.13. The van der Waals surface area contributed by atoms with Crippen LogP contribution in [0, 0.1) is 0 Å². The molecule has 1 aromatic carbocycles. The number of carboxylic acid groups (broad SMARTS) is 1. The zero-order valence-electron chi connectivity index (χ0n) is 16.9. The topological polar surface area (TPSA) is 131 Å². The SMILES string of the molecule is O=C(O)COCCOCCn1ccc2c(Nc3nc(Cl)cc4nc[nH]c(=O)c34)cccc21. The molecule has 0 bridgehead atoms. The zero-order chi connectivity index (χ0) is 22.5. The quantitative estimate of drug-likeness (QED) is 0.245. The van der Waals surface area contributed by atoms with Gasteiger partial charge in [0.15, 0.2) is 0 Å². The second-order valence-electron chi connectivity index (χ2n) is 6.85. The molecule has 0 spiro atoms. The number of carboxylic acids is 1. The molecule has 3 aromatic heterocycles. The Balaban J connectivity index is 1.49. The van der Waals surface area contributed by atoms with E-state index >= 15 is 0 Å². The van der Waals surface area contributed by atoms with E-state index in [2.05, 4.69) is 20.3 Å². The van der Waals surface area contributed by atoms with Gasteiger partial charge in [0, 0.05) is 29.9 Å². The average molecular weight is 458 g/mol. The van der Waals surface area contributed by atoms with E-state index in [9.17, 15) is 9.59 Å². The highest BCUT2D eigenvalue weighted by atomic mass is 35.5. The molecule has 0 radical (unpaired) electrons. The summed E-state index contributed by atoms with van der Waals surface area (Å²) in [6.45, 7) is 1.25. The number of aliphatic carboxylic acids is 1. The van der Waals surface area contributed by atoms with E-state index in [1.807, 2.05) is 35.0 Å². The molecule has 0 fully saturated rings. The van der Waals surface area contributed by atoms with Crippen molar-refractivity contribution in [2.75, 3.05) is 31.7 Å². The maximum Gasteiger partial charge on any atom is 0.329 e. The van der Waals surface area contributed by atoms with E-state index in [1.165, 1.54) is 6.33 Å². The third kappa shape index (κ3) is 4.88. The number of anilines is 2. The number of hydrogen-bond acceptors (Lipinski definition) is 7. The fourth-order valence-corrected chi connectivity index (χ4v) is 3.54. The summed E-state index contributed by atoms with van der Waals surface area (Å²) in [5, 5.41) is 13.2. The molecule has 11 heteroatoms. The number of nitrogens with zero attached hydrogens (tertiary/aromatic N) is 3. The molecule has 10 nitrogen and oxygen atoms in total. The van der Waals surface area contributed by atoms with Gasteiger partial charge in [0.25, 0.3) is 5.56 Å². The molecule has 0 aliphatic carbocycles. The van der Waals surface area contributed by atoms with Crippen LogP contribution in [0.3, 0.4) is 0 Å². The van der Waals surface area contributed by atoms with Crippen LogP contribution in [0.25, 0.3) is 21.8 Å². The predicted molar refractivity (Wildman–Crippen MR) is 120 cm³/mol. The van der Waals surface area contributed by atoms with Crippen molar-refractivity contribution in [3.8, 4) is 0 Å². The smallest absolute Gasteiger partial charge is 0.329 e. The lowest BCUT2D eigenvalue weighted by Gasteiger charge is -2.11. The number of rotatable bonds is 10. The monoisotopic (exact) mass is 457 g/mol. The number of carbonyl (C=O) groups is 1. The maximum atomic E-state index is 12.3. The Bertz CT molecular complexity index is 1320. The van der Waals surface area contributed by atoms with Crippen molar-refractivity contribution >= 4 is 50.9 Å². The molecule has 0 atom stereocenters. The number of aromatic nitrogens is 4. The first-order chi connectivity index (χ1) is 15.5. The van der Waals surface area contributed by atoms with E-state index in [-0.39, 0.29) is 23.9 Å². The van der Waals surface area contributed by atoms with Crippen molar-refractivity contribution < 1.29 is 19.4 Å². The maximum absolute atomic E-state index is 12.3. The van der Waals surface area contributed by atoms with Gasteiger partial charge in [-0.25, -0.2) is 14.8 Å². The van der Waals surface area contributed by atoms with Crippen LogP contribution in [0.4, 0.5) is 11.5 Å². The van der Waals surface area contributed by atoms with E-state index in [4.69, 9.17) is 26.2 Å². The second kappa shape index (κ2) is 9.77. The lowest BCUT2D eigenvalue weighted by Crippen LogP contribution is -2.13. The van der Waals surface area contributed by atoms with Crippen LogP contribution in [-0.4, -0.2) is 57.0 Å². The molecular formula is C21H20ClN5O5.